The Kier molecular flexibility index (Phi) is 9.73. The monoisotopic (exact) mass is 447 g/mol. The van der Waals surface area contributed by atoms with Crippen LogP contribution < -0.4 is 5.43 Å². The predicted molar refractivity (Wildman–Crippen MR) is 117 cm³/mol. The van der Waals surface area contributed by atoms with Gasteiger partial charge in [0.15, 0.2) is 0 Å². The lowest BCUT2D eigenvalue weighted by atomic mass is 9.91. The maximum absolute atomic E-state index is 12.3. The highest BCUT2D eigenvalue weighted by molar-refractivity contribution is 8.68. The molecule has 0 aliphatic heterocycles. The molecule has 8 nitrogen and oxygen atoms in total. The van der Waals surface area contributed by atoms with Crippen molar-refractivity contribution in [3.8, 4) is 0 Å². The van der Waals surface area contributed by atoms with E-state index in [9.17, 15) is 14.9 Å². The lowest BCUT2D eigenvalue weighted by molar-refractivity contribution is -0.384. The number of hydrogen-bond donors (Lipinski definition) is 1. The molecule has 0 saturated carbocycles. The quantitative estimate of drug-likeness (QED) is 0.239. The normalized spacial score (nSPS) is 12.7. The number of carbonyl (C=O) groups is 1. The molecule has 1 amide bonds. The Morgan fingerprint density at radius 1 is 1.25 bits per heavy atom. The van der Waals surface area contributed by atoms with E-state index in [-0.39, 0.29) is 16.7 Å². The van der Waals surface area contributed by atoms with Gasteiger partial charge in [-0.1, -0.05) is 32.2 Å². The number of nitrogens with one attached hydrogen (secondary N) is 1. The fraction of sp³-hybridized carbons (Fsp3) is 0.529. The first-order chi connectivity index (χ1) is 13.0. The van der Waals surface area contributed by atoms with Crippen LogP contribution in [0.4, 0.5) is 5.69 Å². The molecule has 0 atom stereocenters. The second kappa shape index (κ2) is 11.0. The summed E-state index contributed by atoms with van der Waals surface area (Å²) >= 11 is 6.90. The molecule has 0 aromatic heterocycles. The number of carbonyl (C=O) groups excluding carboxylic acids is 1. The van der Waals surface area contributed by atoms with Crippen molar-refractivity contribution in [1.29, 1.82) is 0 Å². The van der Waals surface area contributed by atoms with Crippen molar-refractivity contribution in [2.45, 2.75) is 34.6 Å². The van der Waals surface area contributed by atoms with Gasteiger partial charge in [0.1, 0.15) is 0 Å². The van der Waals surface area contributed by atoms with Crippen molar-refractivity contribution < 1.29 is 18.8 Å². The van der Waals surface area contributed by atoms with Crippen molar-refractivity contribution in [1.82, 2.24) is 5.43 Å². The van der Waals surface area contributed by atoms with E-state index < -0.39 is 16.5 Å². The summed E-state index contributed by atoms with van der Waals surface area (Å²) in [6.07, 6.45) is 0. The van der Waals surface area contributed by atoms with Gasteiger partial charge in [-0.2, -0.15) is 5.10 Å². The summed E-state index contributed by atoms with van der Waals surface area (Å²) in [5.74, 6) is -0.00268. The van der Waals surface area contributed by atoms with Gasteiger partial charge in [-0.05, 0) is 37.8 Å². The minimum atomic E-state index is -2.47. The molecule has 1 aromatic carbocycles. The summed E-state index contributed by atoms with van der Waals surface area (Å²) in [6.45, 7) is 10.6. The van der Waals surface area contributed by atoms with Crippen LogP contribution in [0.25, 0.3) is 0 Å². The lowest BCUT2D eigenvalue weighted by Gasteiger charge is -2.25. The van der Waals surface area contributed by atoms with Gasteiger partial charge < -0.3 is 9.05 Å². The van der Waals surface area contributed by atoms with Gasteiger partial charge in [0.05, 0.1) is 23.8 Å². The van der Waals surface area contributed by atoms with Gasteiger partial charge in [0, 0.05) is 28.9 Å². The van der Waals surface area contributed by atoms with Crippen molar-refractivity contribution >= 4 is 46.2 Å². The molecule has 0 bridgehead atoms. The van der Waals surface area contributed by atoms with Crippen molar-refractivity contribution in [3.05, 3.63) is 39.9 Å². The third-order valence-corrected chi connectivity index (χ3v) is 8.85. The number of amides is 1. The fourth-order valence-electron chi connectivity index (χ4n) is 1.90. The predicted octanol–water partition coefficient (Wildman–Crippen LogP) is 4.76. The van der Waals surface area contributed by atoms with Crippen LogP contribution in [0.2, 0.25) is 0 Å². The van der Waals surface area contributed by atoms with E-state index in [4.69, 9.17) is 20.9 Å². The van der Waals surface area contributed by atoms with E-state index in [0.29, 0.717) is 19.0 Å². The van der Waals surface area contributed by atoms with Crippen LogP contribution in [-0.2, 0) is 20.9 Å². The van der Waals surface area contributed by atoms with Gasteiger partial charge >= 0.3 is 0 Å². The van der Waals surface area contributed by atoms with Crippen LogP contribution in [0.3, 0.4) is 0 Å². The van der Waals surface area contributed by atoms with Gasteiger partial charge in [-0.3, -0.25) is 14.9 Å². The Morgan fingerprint density at radius 2 is 1.79 bits per heavy atom. The number of hydrogen-bond acceptors (Lipinski definition) is 8. The Bertz CT molecular complexity index is 753. The third kappa shape index (κ3) is 7.97. The van der Waals surface area contributed by atoms with Gasteiger partial charge in [0.25, 0.3) is 11.6 Å². The number of nitro benzene ring substituents is 1. The van der Waals surface area contributed by atoms with E-state index in [1.54, 1.807) is 0 Å². The zero-order valence-corrected chi connectivity index (χ0v) is 19.2. The van der Waals surface area contributed by atoms with Crippen molar-refractivity contribution in [2.75, 3.05) is 19.0 Å². The molecule has 0 heterocycles. The largest absolute Gasteiger partial charge is 0.322 e. The van der Waals surface area contributed by atoms with Gasteiger partial charge in [0.2, 0.25) is 5.69 Å². The zero-order valence-electron chi connectivity index (χ0n) is 16.6. The van der Waals surface area contributed by atoms with E-state index in [1.165, 1.54) is 35.6 Å². The highest BCUT2D eigenvalue weighted by Gasteiger charge is 2.25. The summed E-state index contributed by atoms with van der Waals surface area (Å²) in [5.41, 5.74) is 0.661. The summed E-state index contributed by atoms with van der Waals surface area (Å²) < 4.78 is 11.3. The molecule has 0 unspecified atom stereocenters. The zero-order chi connectivity index (χ0) is 21.4. The average Bonchev–Trinajstić information content (AvgIpc) is 2.60. The highest BCUT2D eigenvalue weighted by atomic mass is 32.9. The average molecular weight is 448 g/mol. The maximum Gasteiger partial charge on any atom is 0.271 e. The number of hydrazone groups is 1. The molecule has 0 radical (unpaired) electrons. The van der Waals surface area contributed by atoms with Gasteiger partial charge in [-0.15, -0.1) is 0 Å². The molecule has 156 valence electrons. The van der Waals surface area contributed by atoms with Gasteiger partial charge in [-0.25, -0.2) is 5.43 Å². The molecule has 0 aliphatic carbocycles. The third-order valence-electron chi connectivity index (χ3n) is 3.43. The smallest absolute Gasteiger partial charge is 0.271 e. The molecule has 28 heavy (non-hydrogen) atoms. The van der Waals surface area contributed by atoms with Crippen LogP contribution in [0, 0.1) is 15.5 Å². The molecule has 0 saturated heterocycles. The van der Waals surface area contributed by atoms with Crippen LogP contribution in [0.5, 0.6) is 0 Å². The van der Waals surface area contributed by atoms with Crippen LogP contribution >= 0.6 is 17.1 Å². The lowest BCUT2D eigenvalue weighted by Crippen LogP contribution is -2.28. The summed E-state index contributed by atoms with van der Waals surface area (Å²) in [4.78, 5) is 22.5. The second-order valence-corrected chi connectivity index (χ2v) is 12.9. The second-order valence-electron chi connectivity index (χ2n) is 6.61. The van der Waals surface area contributed by atoms with Crippen LogP contribution in [-0.4, -0.2) is 35.5 Å². The highest BCUT2D eigenvalue weighted by Crippen LogP contribution is 2.61. The van der Waals surface area contributed by atoms with Crippen LogP contribution in [0.15, 0.2) is 29.4 Å². The van der Waals surface area contributed by atoms with Crippen molar-refractivity contribution in [3.63, 3.8) is 0 Å². The number of rotatable bonds is 10. The molecule has 1 N–H and O–H groups in total. The first-order valence-corrected chi connectivity index (χ1v) is 12.9. The molecule has 0 spiro atoms. The summed E-state index contributed by atoms with van der Waals surface area (Å²) in [6, 6.07) is 5.33. The Hall–Kier alpha value is -1.32. The Labute approximate surface area is 174 Å². The van der Waals surface area contributed by atoms with E-state index >= 15 is 0 Å². The van der Waals surface area contributed by atoms with Crippen molar-refractivity contribution in [2.24, 2.45) is 10.5 Å². The number of benzene rings is 1. The molecular weight excluding hydrogens is 421 g/mol. The molecule has 0 fully saturated rings. The number of non-ortho nitro benzene ring substituents is 1. The molecule has 0 aliphatic rings. The summed E-state index contributed by atoms with van der Waals surface area (Å²) in [5, 5.41) is 15.0. The minimum Gasteiger partial charge on any atom is -0.322 e. The Morgan fingerprint density at radius 3 is 2.21 bits per heavy atom. The van der Waals surface area contributed by atoms with E-state index in [2.05, 4.69) is 10.5 Å². The molecule has 1 rings (SSSR count). The number of nitrogens with zero attached hydrogens (tertiary/aromatic N) is 2. The van der Waals surface area contributed by atoms with E-state index in [1.807, 2.05) is 34.6 Å². The molecular formula is C17H26N3O5PS2. The number of nitro groups is 1. The summed E-state index contributed by atoms with van der Waals surface area (Å²) in [7, 11) is 0. The maximum atomic E-state index is 12.3. The topological polar surface area (TPSA) is 103 Å². The minimum absolute atomic E-state index is 0.0792. The first-order valence-electron chi connectivity index (χ1n) is 8.68. The SMILES string of the molecule is CCOP(=S)(OCC)SC/C(=N/NC(=O)c1ccc([N+](=O)[O-])cc1)C(C)(C)C. The first kappa shape index (κ1) is 24.7. The fourth-order valence-corrected chi connectivity index (χ4v) is 6.56. The Balaban J connectivity index is 2.89. The molecule has 1 aromatic rings. The van der Waals surface area contributed by atoms with Crippen LogP contribution in [0.1, 0.15) is 45.0 Å². The van der Waals surface area contributed by atoms with E-state index in [0.717, 1.165) is 5.71 Å². The standard InChI is InChI=1S/C17H26N3O5PS2/c1-6-24-26(27,25-7-2)28-12-15(17(3,4)5)18-19-16(21)13-8-10-14(11-9-13)20(22)23/h8-11H,6-7,12H2,1-5H3,(H,19,21)/b18-15-. The molecule has 11 heteroatoms.